The summed E-state index contributed by atoms with van der Waals surface area (Å²) in [6.07, 6.45) is 5.18. The van der Waals surface area contributed by atoms with Crippen molar-refractivity contribution in [3.8, 4) is 0 Å². The number of halogens is 2. The summed E-state index contributed by atoms with van der Waals surface area (Å²) < 4.78 is 1.03. The summed E-state index contributed by atoms with van der Waals surface area (Å²) in [5.41, 5.74) is 3.05. The normalized spacial score (nSPS) is 24.2. The Morgan fingerprint density at radius 1 is 1.29 bits per heavy atom. The molecule has 0 aromatic heterocycles. The number of benzene rings is 2. The van der Waals surface area contributed by atoms with E-state index in [0.29, 0.717) is 10.6 Å². The molecule has 0 fully saturated rings. The van der Waals surface area contributed by atoms with Crippen molar-refractivity contribution in [2.24, 2.45) is 5.92 Å². The number of allylic oxidation sites excluding steroid dienone is 2. The third-order valence-electron chi connectivity index (χ3n) is 4.91. The molecule has 1 heterocycles. The Morgan fingerprint density at radius 2 is 2.12 bits per heavy atom. The molecule has 24 heavy (non-hydrogen) atoms. The van der Waals surface area contributed by atoms with Crippen molar-refractivity contribution in [1.82, 2.24) is 0 Å². The van der Waals surface area contributed by atoms with E-state index in [1.54, 1.807) is 12.1 Å². The third-order valence-corrected chi connectivity index (χ3v) is 5.72. The van der Waals surface area contributed by atoms with Crippen LogP contribution in [0.4, 0.5) is 5.69 Å². The SMILES string of the molecule is O=C(O)c1ccc(Cl)c2c1C1C=CCC1[C@H](c1cccc(Br)c1)N2. The fourth-order valence-electron chi connectivity index (χ4n) is 3.89. The Labute approximate surface area is 153 Å². The minimum Gasteiger partial charge on any atom is -0.478 e. The lowest BCUT2D eigenvalue weighted by Crippen LogP contribution is -2.30. The van der Waals surface area contributed by atoms with E-state index in [9.17, 15) is 9.90 Å². The number of anilines is 1. The molecule has 0 bridgehead atoms. The van der Waals surface area contributed by atoms with Crippen molar-refractivity contribution >= 4 is 39.2 Å². The molecule has 2 aliphatic rings. The molecule has 0 radical (unpaired) electrons. The van der Waals surface area contributed by atoms with Crippen LogP contribution < -0.4 is 5.32 Å². The van der Waals surface area contributed by atoms with Crippen LogP contribution in [0.2, 0.25) is 5.02 Å². The van der Waals surface area contributed by atoms with E-state index in [-0.39, 0.29) is 17.9 Å². The van der Waals surface area contributed by atoms with E-state index in [4.69, 9.17) is 11.6 Å². The molecule has 4 rings (SSSR count). The topological polar surface area (TPSA) is 49.3 Å². The second-order valence-electron chi connectivity index (χ2n) is 6.22. The average molecular weight is 405 g/mol. The largest absolute Gasteiger partial charge is 0.478 e. The van der Waals surface area contributed by atoms with Gasteiger partial charge in [0.1, 0.15) is 0 Å². The Bertz CT molecular complexity index is 864. The number of carboxylic acids is 1. The Morgan fingerprint density at radius 3 is 2.88 bits per heavy atom. The number of nitrogens with one attached hydrogen (secondary N) is 1. The third kappa shape index (κ3) is 2.45. The van der Waals surface area contributed by atoms with Gasteiger partial charge in [-0.25, -0.2) is 4.79 Å². The first kappa shape index (κ1) is 15.7. The van der Waals surface area contributed by atoms with Gasteiger partial charge in [-0.3, -0.25) is 0 Å². The highest BCUT2D eigenvalue weighted by atomic mass is 79.9. The average Bonchev–Trinajstić information content (AvgIpc) is 3.04. The summed E-state index contributed by atoms with van der Waals surface area (Å²) in [4.78, 5) is 11.7. The maximum absolute atomic E-state index is 11.7. The zero-order valence-electron chi connectivity index (χ0n) is 12.7. The molecule has 0 spiro atoms. The molecule has 2 aromatic rings. The molecule has 2 aromatic carbocycles. The van der Waals surface area contributed by atoms with Crippen LogP contribution in [0.25, 0.3) is 0 Å². The van der Waals surface area contributed by atoms with Gasteiger partial charge in [0.25, 0.3) is 0 Å². The van der Waals surface area contributed by atoms with Gasteiger partial charge in [-0.1, -0.05) is 51.8 Å². The van der Waals surface area contributed by atoms with Crippen LogP contribution in [-0.2, 0) is 0 Å². The van der Waals surface area contributed by atoms with Crippen molar-refractivity contribution in [3.05, 3.63) is 74.7 Å². The van der Waals surface area contributed by atoms with Crippen molar-refractivity contribution in [2.45, 2.75) is 18.4 Å². The van der Waals surface area contributed by atoms with Crippen LogP contribution in [0.5, 0.6) is 0 Å². The number of fused-ring (bicyclic) bond motifs is 3. The molecule has 2 N–H and O–H groups in total. The van der Waals surface area contributed by atoms with Crippen LogP contribution in [0, 0.1) is 5.92 Å². The predicted octanol–water partition coefficient (Wildman–Crippen LogP) is 5.63. The minimum atomic E-state index is -0.912. The fourth-order valence-corrected chi connectivity index (χ4v) is 4.53. The molecular weight excluding hydrogens is 390 g/mol. The summed E-state index contributed by atoms with van der Waals surface area (Å²) in [6, 6.07) is 11.6. The number of aromatic carboxylic acids is 1. The van der Waals surface area contributed by atoms with Crippen molar-refractivity contribution in [2.75, 3.05) is 5.32 Å². The molecule has 1 aliphatic heterocycles. The number of carbonyl (C=O) groups is 1. The molecule has 0 saturated carbocycles. The van der Waals surface area contributed by atoms with Gasteiger partial charge < -0.3 is 10.4 Å². The molecule has 3 nitrogen and oxygen atoms in total. The summed E-state index contributed by atoms with van der Waals surface area (Å²) in [6.45, 7) is 0. The highest BCUT2D eigenvalue weighted by Crippen LogP contribution is 2.52. The van der Waals surface area contributed by atoms with Gasteiger partial charge in [-0.05, 0) is 47.7 Å². The summed E-state index contributed by atoms with van der Waals surface area (Å²) in [5.74, 6) is -0.567. The van der Waals surface area contributed by atoms with E-state index < -0.39 is 5.97 Å². The van der Waals surface area contributed by atoms with Gasteiger partial charge in [0.15, 0.2) is 0 Å². The van der Waals surface area contributed by atoms with E-state index in [0.717, 1.165) is 22.1 Å². The van der Waals surface area contributed by atoms with Crippen LogP contribution in [0.3, 0.4) is 0 Å². The van der Waals surface area contributed by atoms with Gasteiger partial charge in [0, 0.05) is 10.4 Å². The first-order chi connectivity index (χ1) is 11.6. The maximum atomic E-state index is 11.7. The van der Waals surface area contributed by atoms with Crippen molar-refractivity contribution in [3.63, 3.8) is 0 Å². The monoisotopic (exact) mass is 403 g/mol. The Balaban J connectivity index is 1.88. The van der Waals surface area contributed by atoms with Crippen LogP contribution in [0.15, 0.2) is 53.0 Å². The molecule has 122 valence electrons. The lowest BCUT2D eigenvalue weighted by molar-refractivity contribution is 0.0695. The van der Waals surface area contributed by atoms with Crippen molar-refractivity contribution in [1.29, 1.82) is 0 Å². The van der Waals surface area contributed by atoms with E-state index in [1.807, 2.05) is 12.1 Å². The van der Waals surface area contributed by atoms with E-state index in [1.165, 1.54) is 5.56 Å². The van der Waals surface area contributed by atoms with Gasteiger partial charge in [-0.2, -0.15) is 0 Å². The summed E-state index contributed by atoms with van der Waals surface area (Å²) in [7, 11) is 0. The quantitative estimate of drug-likeness (QED) is 0.638. The number of rotatable bonds is 2. The first-order valence-corrected chi connectivity index (χ1v) is 8.97. The lowest BCUT2D eigenvalue weighted by Gasteiger charge is -2.38. The van der Waals surface area contributed by atoms with Crippen LogP contribution in [-0.4, -0.2) is 11.1 Å². The zero-order chi connectivity index (χ0) is 16.8. The highest BCUT2D eigenvalue weighted by molar-refractivity contribution is 9.10. The van der Waals surface area contributed by atoms with E-state index in [2.05, 4.69) is 45.5 Å². The second kappa shape index (κ2) is 5.94. The molecule has 5 heteroatoms. The first-order valence-electron chi connectivity index (χ1n) is 7.80. The Hall–Kier alpha value is -1.78. The molecular formula is C19H15BrClNO2. The Kier molecular flexibility index (Phi) is 3.89. The standard InChI is InChI=1S/C19H15BrClNO2/c20-11-4-1-3-10(9-11)17-13-6-2-5-12(13)16-14(19(23)24)7-8-15(21)18(16)22-17/h1-5,7-9,12-13,17,22H,6H2,(H,23,24)/t12?,13?,17-/m0/s1. The number of hydrogen-bond acceptors (Lipinski definition) is 2. The molecule has 0 saturated heterocycles. The van der Waals surface area contributed by atoms with E-state index >= 15 is 0 Å². The predicted molar refractivity (Wildman–Crippen MR) is 98.9 cm³/mol. The van der Waals surface area contributed by atoms with Crippen molar-refractivity contribution < 1.29 is 9.90 Å². The van der Waals surface area contributed by atoms with Gasteiger partial charge in [-0.15, -0.1) is 0 Å². The number of carboxylic acid groups (broad SMARTS) is 1. The molecule has 1 aliphatic carbocycles. The summed E-state index contributed by atoms with van der Waals surface area (Å²) in [5, 5.41) is 13.7. The maximum Gasteiger partial charge on any atom is 0.336 e. The molecule has 3 atom stereocenters. The van der Waals surface area contributed by atoms with Gasteiger partial charge >= 0.3 is 5.97 Å². The van der Waals surface area contributed by atoms with Gasteiger partial charge in [0.05, 0.1) is 22.3 Å². The smallest absolute Gasteiger partial charge is 0.336 e. The minimum absolute atomic E-state index is 0.0648. The fraction of sp³-hybridized carbons (Fsp3) is 0.211. The molecule has 2 unspecified atom stereocenters. The van der Waals surface area contributed by atoms with Crippen LogP contribution in [0.1, 0.15) is 39.9 Å². The summed E-state index contributed by atoms with van der Waals surface area (Å²) >= 11 is 9.94. The lowest BCUT2D eigenvalue weighted by atomic mass is 9.75. The zero-order valence-corrected chi connectivity index (χ0v) is 15.0. The van der Waals surface area contributed by atoms with Gasteiger partial charge in [0.2, 0.25) is 0 Å². The second-order valence-corrected chi connectivity index (χ2v) is 7.54. The molecule has 0 amide bonds. The van der Waals surface area contributed by atoms with Crippen LogP contribution >= 0.6 is 27.5 Å². The highest BCUT2D eigenvalue weighted by Gasteiger charge is 2.40. The number of hydrogen-bond donors (Lipinski definition) is 2.